The number of hydrogen-bond acceptors (Lipinski definition) is 5. The van der Waals surface area contributed by atoms with Gasteiger partial charge in [-0.3, -0.25) is 0 Å². The van der Waals surface area contributed by atoms with Gasteiger partial charge in [-0.1, -0.05) is 30.4 Å². The van der Waals surface area contributed by atoms with E-state index in [0.717, 1.165) is 30.2 Å². The van der Waals surface area contributed by atoms with E-state index in [9.17, 15) is 21.6 Å². The second-order valence-corrected chi connectivity index (χ2v) is 11.8. The Labute approximate surface area is 200 Å². The molecule has 0 spiro atoms. The SMILES string of the molecule is O=S(=O)(NC[C@H]1CC[C@@H]2[C@H](O1)c1cc(C(F)(F)F)ccc1N[C@H]2C1C=CC=CC1)c1cccs1. The summed E-state index contributed by atoms with van der Waals surface area (Å²) < 4.78 is 74.6. The van der Waals surface area contributed by atoms with Crippen LogP contribution in [0.3, 0.4) is 0 Å². The Morgan fingerprint density at radius 1 is 1.18 bits per heavy atom. The highest BCUT2D eigenvalue weighted by atomic mass is 32.2. The van der Waals surface area contributed by atoms with Crippen molar-refractivity contribution in [3.05, 3.63) is 71.1 Å². The smallest absolute Gasteiger partial charge is 0.381 e. The molecule has 1 saturated heterocycles. The summed E-state index contributed by atoms with van der Waals surface area (Å²) in [4.78, 5) is 0. The monoisotopic (exact) mass is 510 g/mol. The largest absolute Gasteiger partial charge is 0.416 e. The molecular weight excluding hydrogens is 485 g/mol. The number of anilines is 1. The molecule has 1 aliphatic carbocycles. The van der Waals surface area contributed by atoms with Crippen LogP contribution in [0.4, 0.5) is 18.9 Å². The van der Waals surface area contributed by atoms with E-state index in [1.165, 1.54) is 18.2 Å². The Morgan fingerprint density at radius 2 is 2.03 bits per heavy atom. The molecular formula is C24H25F3N2O3S2. The van der Waals surface area contributed by atoms with Crippen LogP contribution < -0.4 is 10.0 Å². The second kappa shape index (κ2) is 9.14. The van der Waals surface area contributed by atoms with Crippen molar-refractivity contribution < 1.29 is 26.3 Å². The van der Waals surface area contributed by atoms with Crippen LogP contribution in [0.15, 0.2) is 64.2 Å². The average Bonchev–Trinajstić information content (AvgIpc) is 3.38. The normalized spacial score (nSPS) is 28.7. The first-order valence-electron chi connectivity index (χ1n) is 11.2. The molecule has 0 bridgehead atoms. The number of ether oxygens (including phenoxy) is 1. The maximum atomic E-state index is 13.5. The van der Waals surface area contributed by atoms with E-state index in [1.807, 2.05) is 12.2 Å². The summed E-state index contributed by atoms with van der Waals surface area (Å²) in [6, 6.07) is 6.96. The maximum absolute atomic E-state index is 13.5. The number of sulfonamides is 1. The first-order valence-corrected chi connectivity index (χ1v) is 13.6. The molecule has 10 heteroatoms. The highest BCUT2D eigenvalue weighted by Crippen LogP contribution is 2.49. The minimum Gasteiger partial charge on any atom is -0.381 e. The molecule has 34 heavy (non-hydrogen) atoms. The van der Waals surface area contributed by atoms with Crippen LogP contribution in [-0.4, -0.2) is 27.1 Å². The Balaban J connectivity index is 1.41. The van der Waals surface area contributed by atoms with Crippen LogP contribution in [0, 0.1) is 11.8 Å². The van der Waals surface area contributed by atoms with Gasteiger partial charge in [0.25, 0.3) is 0 Å². The van der Waals surface area contributed by atoms with Crippen LogP contribution in [0.25, 0.3) is 0 Å². The average molecular weight is 511 g/mol. The van der Waals surface area contributed by atoms with Crippen molar-refractivity contribution in [2.75, 3.05) is 11.9 Å². The predicted octanol–water partition coefficient (Wildman–Crippen LogP) is 5.51. The summed E-state index contributed by atoms with van der Waals surface area (Å²) in [5.74, 6) is 0.174. The number of rotatable bonds is 5. The summed E-state index contributed by atoms with van der Waals surface area (Å²) in [6.45, 7) is 0.0713. The van der Waals surface area contributed by atoms with E-state index in [0.29, 0.717) is 17.7 Å². The molecule has 1 fully saturated rings. The molecule has 2 aromatic rings. The van der Waals surface area contributed by atoms with E-state index >= 15 is 0 Å². The number of alkyl halides is 3. The van der Waals surface area contributed by atoms with Gasteiger partial charge < -0.3 is 10.1 Å². The molecule has 1 unspecified atom stereocenters. The molecule has 5 nitrogen and oxygen atoms in total. The first-order chi connectivity index (χ1) is 16.2. The van der Waals surface area contributed by atoms with E-state index in [2.05, 4.69) is 22.2 Å². The predicted molar refractivity (Wildman–Crippen MR) is 125 cm³/mol. The summed E-state index contributed by atoms with van der Waals surface area (Å²) in [7, 11) is -3.65. The molecule has 3 aliphatic rings. The van der Waals surface area contributed by atoms with Crippen LogP contribution in [0.2, 0.25) is 0 Å². The summed E-state index contributed by atoms with van der Waals surface area (Å²) in [6.07, 6.45) is 4.96. The van der Waals surface area contributed by atoms with Crippen molar-refractivity contribution in [3.63, 3.8) is 0 Å². The molecule has 2 N–H and O–H groups in total. The molecule has 0 radical (unpaired) electrons. The third-order valence-electron chi connectivity index (χ3n) is 6.75. The second-order valence-electron chi connectivity index (χ2n) is 8.89. The van der Waals surface area contributed by atoms with Crippen LogP contribution in [0.5, 0.6) is 0 Å². The van der Waals surface area contributed by atoms with Gasteiger partial charge in [0.1, 0.15) is 4.21 Å². The van der Waals surface area contributed by atoms with Crippen molar-refractivity contribution >= 4 is 27.0 Å². The van der Waals surface area contributed by atoms with Gasteiger partial charge in [-0.25, -0.2) is 13.1 Å². The van der Waals surface area contributed by atoms with Gasteiger partial charge in [0.15, 0.2) is 0 Å². The Morgan fingerprint density at radius 3 is 2.74 bits per heavy atom. The number of nitrogens with one attached hydrogen (secondary N) is 2. The third-order valence-corrected chi connectivity index (χ3v) is 9.58. The zero-order chi connectivity index (χ0) is 23.9. The zero-order valence-corrected chi connectivity index (χ0v) is 19.8. The van der Waals surface area contributed by atoms with Crippen LogP contribution in [-0.2, 0) is 20.9 Å². The number of halogens is 3. The lowest BCUT2D eigenvalue weighted by atomic mass is 9.73. The van der Waals surface area contributed by atoms with Gasteiger partial charge in [-0.05, 0) is 48.9 Å². The standard InChI is InChI=1S/C24H25F3N2O3S2/c25-24(26,27)16-8-11-20-19(13-16)23-18(22(29-20)15-5-2-1-3-6-15)10-9-17(32-23)14-28-34(30,31)21-7-4-12-33-21/h1-5,7-8,11-13,15,17-18,22-23,28-29H,6,9-10,14H2/t15?,17-,18+,22+,23+/m1/s1. The van der Waals surface area contributed by atoms with Crippen LogP contribution >= 0.6 is 11.3 Å². The fourth-order valence-electron chi connectivity index (χ4n) is 5.10. The van der Waals surface area contributed by atoms with E-state index in [4.69, 9.17) is 4.74 Å². The van der Waals surface area contributed by atoms with Crippen molar-refractivity contribution in [1.29, 1.82) is 0 Å². The number of hydrogen-bond donors (Lipinski definition) is 2. The Hall–Kier alpha value is -2.14. The van der Waals surface area contributed by atoms with E-state index < -0.39 is 34.0 Å². The van der Waals surface area contributed by atoms with Gasteiger partial charge in [-0.15, -0.1) is 11.3 Å². The third kappa shape index (κ3) is 4.68. The highest BCUT2D eigenvalue weighted by molar-refractivity contribution is 7.91. The summed E-state index contributed by atoms with van der Waals surface area (Å²) in [5, 5.41) is 5.18. The lowest BCUT2D eigenvalue weighted by molar-refractivity contribution is -0.138. The van der Waals surface area contributed by atoms with Crippen molar-refractivity contribution in [1.82, 2.24) is 4.72 Å². The number of fused-ring (bicyclic) bond motifs is 3. The topological polar surface area (TPSA) is 67.4 Å². The number of allylic oxidation sites excluding steroid dienone is 3. The van der Waals surface area contributed by atoms with Crippen molar-refractivity contribution in [2.45, 2.75) is 47.9 Å². The minimum atomic E-state index is -4.46. The lowest BCUT2D eigenvalue weighted by Crippen LogP contribution is -2.48. The lowest BCUT2D eigenvalue weighted by Gasteiger charge is -2.47. The highest BCUT2D eigenvalue weighted by Gasteiger charge is 2.45. The molecule has 1 aromatic carbocycles. The van der Waals surface area contributed by atoms with Gasteiger partial charge >= 0.3 is 6.18 Å². The Kier molecular flexibility index (Phi) is 6.34. The fraction of sp³-hybridized carbons (Fsp3) is 0.417. The summed E-state index contributed by atoms with van der Waals surface area (Å²) >= 11 is 1.13. The van der Waals surface area contributed by atoms with Gasteiger partial charge in [0.2, 0.25) is 10.0 Å². The fourth-order valence-corrected chi connectivity index (χ4v) is 7.21. The molecule has 2 aliphatic heterocycles. The van der Waals surface area contributed by atoms with Gasteiger partial charge in [0.05, 0.1) is 17.8 Å². The van der Waals surface area contributed by atoms with E-state index in [-0.39, 0.29) is 28.6 Å². The molecule has 0 amide bonds. The molecule has 1 aromatic heterocycles. The molecule has 3 heterocycles. The molecule has 182 valence electrons. The summed E-state index contributed by atoms with van der Waals surface area (Å²) in [5.41, 5.74) is 0.411. The quantitative estimate of drug-likeness (QED) is 0.557. The van der Waals surface area contributed by atoms with E-state index in [1.54, 1.807) is 11.4 Å². The van der Waals surface area contributed by atoms with Crippen molar-refractivity contribution in [2.24, 2.45) is 11.8 Å². The minimum absolute atomic E-state index is 0.0131. The van der Waals surface area contributed by atoms with Gasteiger partial charge in [0, 0.05) is 35.7 Å². The van der Waals surface area contributed by atoms with Gasteiger partial charge in [-0.2, -0.15) is 13.2 Å². The maximum Gasteiger partial charge on any atom is 0.416 e. The molecule has 5 rings (SSSR count). The van der Waals surface area contributed by atoms with Crippen molar-refractivity contribution in [3.8, 4) is 0 Å². The first kappa shape index (κ1) is 23.6. The Bertz CT molecular complexity index is 1190. The zero-order valence-electron chi connectivity index (χ0n) is 18.2. The number of benzene rings is 1. The number of thiophene rings is 1. The molecule has 0 saturated carbocycles. The van der Waals surface area contributed by atoms with Crippen LogP contribution in [0.1, 0.15) is 36.5 Å². The molecule has 5 atom stereocenters.